The van der Waals surface area contributed by atoms with Crippen LogP contribution >= 0.6 is 23.4 Å². The van der Waals surface area contributed by atoms with Gasteiger partial charge < -0.3 is 4.42 Å². The lowest BCUT2D eigenvalue weighted by Gasteiger charge is -1.98. The first-order valence-electron chi connectivity index (χ1n) is 4.33. The van der Waals surface area contributed by atoms with E-state index in [2.05, 4.69) is 15.0 Å². The standard InChI is InChI=1S/C8H5ClN4O3S/c1-4-2-16-8(12-4)17-7-5(13(14)15)6(9)10-3-11-7/h2-3H,1H3. The molecule has 0 amide bonds. The van der Waals surface area contributed by atoms with E-state index in [1.807, 2.05) is 0 Å². The van der Waals surface area contributed by atoms with Crippen LogP contribution in [-0.2, 0) is 0 Å². The van der Waals surface area contributed by atoms with Crippen LogP contribution in [0, 0.1) is 17.0 Å². The SMILES string of the molecule is Cc1coc(Sc2ncnc(Cl)c2[N+](=O)[O-])n1. The van der Waals surface area contributed by atoms with Crippen molar-refractivity contribution in [1.82, 2.24) is 15.0 Å². The van der Waals surface area contributed by atoms with Crippen molar-refractivity contribution in [3.63, 3.8) is 0 Å². The summed E-state index contributed by atoms with van der Waals surface area (Å²) in [5.74, 6) is 0. The Morgan fingerprint density at radius 1 is 1.53 bits per heavy atom. The minimum absolute atomic E-state index is 0.0943. The first-order valence-corrected chi connectivity index (χ1v) is 5.52. The molecule has 2 heterocycles. The van der Waals surface area contributed by atoms with Gasteiger partial charge in [0.15, 0.2) is 5.03 Å². The van der Waals surface area contributed by atoms with Crippen LogP contribution in [0.1, 0.15) is 5.69 Å². The summed E-state index contributed by atoms with van der Waals surface area (Å²) in [6, 6.07) is 0. The Balaban J connectivity index is 2.39. The number of hydrogen-bond donors (Lipinski definition) is 0. The van der Waals surface area contributed by atoms with Crippen LogP contribution in [0.4, 0.5) is 5.69 Å². The lowest BCUT2D eigenvalue weighted by Crippen LogP contribution is -1.96. The van der Waals surface area contributed by atoms with E-state index >= 15 is 0 Å². The Labute approximate surface area is 104 Å². The van der Waals surface area contributed by atoms with Gasteiger partial charge in [0.25, 0.3) is 5.22 Å². The highest BCUT2D eigenvalue weighted by atomic mass is 35.5. The molecule has 0 bridgehead atoms. The van der Waals surface area contributed by atoms with Crippen LogP contribution in [0.5, 0.6) is 0 Å². The zero-order chi connectivity index (χ0) is 12.4. The van der Waals surface area contributed by atoms with Gasteiger partial charge in [-0.3, -0.25) is 10.1 Å². The molecule has 0 spiro atoms. The highest BCUT2D eigenvalue weighted by molar-refractivity contribution is 7.99. The van der Waals surface area contributed by atoms with E-state index in [0.29, 0.717) is 5.69 Å². The van der Waals surface area contributed by atoms with Crippen LogP contribution in [-0.4, -0.2) is 19.9 Å². The maximum atomic E-state index is 10.8. The molecular formula is C8H5ClN4O3S. The summed E-state index contributed by atoms with van der Waals surface area (Å²) in [5.41, 5.74) is 0.324. The normalized spacial score (nSPS) is 10.5. The van der Waals surface area contributed by atoms with Gasteiger partial charge in [0.2, 0.25) is 5.15 Å². The number of nitro groups is 1. The summed E-state index contributed by atoms with van der Waals surface area (Å²) in [4.78, 5) is 21.5. The number of nitrogens with zero attached hydrogens (tertiary/aromatic N) is 4. The maximum Gasteiger partial charge on any atom is 0.338 e. The smallest absolute Gasteiger partial charge is 0.338 e. The van der Waals surface area contributed by atoms with Crippen LogP contribution in [0.3, 0.4) is 0 Å². The van der Waals surface area contributed by atoms with E-state index in [1.54, 1.807) is 6.92 Å². The van der Waals surface area contributed by atoms with Crippen molar-refractivity contribution < 1.29 is 9.34 Å². The fourth-order valence-electron chi connectivity index (χ4n) is 1.03. The number of hydrogen-bond acceptors (Lipinski definition) is 7. The van der Waals surface area contributed by atoms with Gasteiger partial charge in [-0.05, 0) is 18.7 Å². The van der Waals surface area contributed by atoms with Gasteiger partial charge in [0, 0.05) is 0 Å². The molecule has 2 aromatic rings. The summed E-state index contributed by atoms with van der Waals surface area (Å²) in [7, 11) is 0. The third kappa shape index (κ3) is 2.53. The molecule has 9 heteroatoms. The lowest BCUT2D eigenvalue weighted by atomic mass is 10.5. The number of halogens is 1. The quantitative estimate of drug-likeness (QED) is 0.481. The van der Waals surface area contributed by atoms with Gasteiger partial charge in [-0.15, -0.1) is 0 Å². The second kappa shape index (κ2) is 4.68. The molecule has 0 aliphatic carbocycles. The summed E-state index contributed by atoms with van der Waals surface area (Å²) in [5, 5.41) is 11.0. The molecule has 17 heavy (non-hydrogen) atoms. The summed E-state index contributed by atoms with van der Waals surface area (Å²) in [6.45, 7) is 1.74. The van der Waals surface area contributed by atoms with Crippen molar-refractivity contribution in [3.05, 3.63) is 33.6 Å². The highest BCUT2D eigenvalue weighted by Gasteiger charge is 2.23. The second-order valence-electron chi connectivity index (χ2n) is 2.93. The molecule has 2 aromatic heterocycles. The number of rotatable bonds is 3. The largest absolute Gasteiger partial charge is 0.439 e. The van der Waals surface area contributed by atoms with Crippen molar-refractivity contribution in [2.75, 3.05) is 0 Å². The summed E-state index contributed by atoms with van der Waals surface area (Å²) in [6.07, 6.45) is 2.59. The Bertz CT molecular complexity index is 574. The Morgan fingerprint density at radius 2 is 2.29 bits per heavy atom. The van der Waals surface area contributed by atoms with Crippen molar-refractivity contribution in [2.45, 2.75) is 17.2 Å². The molecule has 0 aromatic carbocycles. The van der Waals surface area contributed by atoms with Crippen molar-refractivity contribution in [3.8, 4) is 0 Å². The van der Waals surface area contributed by atoms with Crippen LogP contribution in [0.25, 0.3) is 0 Å². The van der Waals surface area contributed by atoms with Gasteiger partial charge in [-0.1, -0.05) is 11.6 Å². The Morgan fingerprint density at radius 3 is 2.88 bits per heavy atom. The molecule has 0 saturated heterocycles. The molecule has 0 aliphatic rings. The minimum atomic E-state index is -0.638. The fourth-order valence-corrected chi connectivity index (χ4v) is 2.11. The first kappa shape index (κ1) is 11.8. The minimum Gasteiger partial charge on any atom is -0.439 e. The average Bonchev–Trinajstić information content (AvgIpc) is 2.63. The molecule has 0 N–H and O–H groups in total. The maximum absolute atomic E-state index is 10.8. The number of oxazole rings is 1. The van der Waals surface area contributed by atoms with Gasteiger partial charge in [-0.25, -0.2) is 15.0 Å². The molecule has 0 unspecified atom stereocenters. The van der Waals surface area contributed by atoms with E-state index in [-0.39, 0.29) is 21.1 Å². The zero-order valence-electron chi connectivity index (χ0n) is 8.45. The summed E-state index contributed by atoms with van der Waals surface area (Å²) < 4.78 is 5.07. The van der Waals surface area contributed by atoms with Crippen molar-refractivity contribution in [1.29, 1.82) is 0 Å². The van der Waals surface area contributed by atoms with Gasteiger partial charge in [0.05, 0.1) is 10.6 Å². The Hall–Kier alpha value is -1.67. The molecule has 0 saturated carbocycles. The predicted molar refractivity (Wildman–Crippen MR) is 59.1 cm³/mol. The van der Waals surface area contributed by atoms with E-state index in [0.717, 1.165) is 18.1 Å². The van der Waals surface area contributed by atoms with Crippen molar-refractivity contribution in [2.24, 2.45) is 0 Å². The highest BCUT2D eigenvalue weighted by Crippen LogP contribution is 2.35. The van der Waals surface area contributed by atoms with E-state index in [1.165, 1.54) is 6.26 Å². The van der Waals surface area contributed by atoms with Gasteiger partial charge in [-0.2, -0.15) is 0 Å². The number of aryl methyl sites for hydroxylation is 1. The zero-order valence-corrected chi connectivity index (χ0v) is 10.0. The number of aromatic nitrogens is 3. The Kier molecular flexibility index (Phi) is 3.25. The van der Waals surface area contributed by atoms with E-state index < -0.39 is 4.92 Å². The monoisotopic (exact) mass is 272 g/mol. The van der Waals surface area contributed by atoms with Gasteiger partial charge >= 0.3 is 5.69 Å². The average molecular weight is 273 g/mol. The van der Waals surface area contributed by atoms with Crippen molar-refractivity contribution >= 4 is 29.1 Å². The second-order valence-corrected chi connectivity index (χ2v) is 4.23. The summed E-state index contributed by atoms with van der Waals surface area (Å²) >= 11 is 6.56. The predicted octanol–water partition coefficient (Wildman–Crippen LogP) is 2.49. The molecule has 0 fully saturated rings. The molecular weight excluding hydrogens is 268 g/mol. The van der Waals surface area contributed by atoms with E-state index in [4.69, 9.17) is 16.0 Å². The lowest BCUT2D eigenvalue weighted by molar-refractivity contribution is -0.388. The molecule has 7 nitrogen and oxygen atoms in total. The molecule has 0 radical (unpaired) electrons. The molecule has 88 valence electrons. The molecule has 0 atom stereocenters. The van der Waals surface area contributed by atoms with E-state index in [9.17, 15) is 10.1 Å². The van der Waals surface area contributed by atoms with Crippen LogP contribution in [0.15, 0.2) is 27.3 Å². The third-order valence-electron chi connectivity index (χ3n) is 1.71. The molecule has 2 rings (SSSR count). The van der Waals surface area contributed by atoms with Crippen LogP contribution in [0.2, 0.25) is 5.15 Å². The van der Waals surface area contributed by atoms with Crippen LogP contribution < -0.4 is 0 Å². The van der Waals surface area contributed by atoms with Gasteiger partial charge in [0.1, 0.15) is 12.6 Å². The third-order valence-corrected chi connectivity index (χ3v) is 2.84. The fraction of sp³-hybridized carbons (Fsp3) is 0.125. The first-order chi connectivity index (χ1) is 8.08. The molecule has 0 aliphatic heterocycles. The topological polar surface area (TPSA) is 95.0 Å².